The van der Waals surface area contributed by atoms with Gasteiger partial charge in [0, 0.05) is 48.7 Å². The summed E-state index contributed by atoms with van der Waals surface area (Å²) in [7, 11) is 0. The standard InChI is InChI=1S/C48H59N3O/c1-13-31(5)44-45(34(8)52-35(9)49-28-32(6)37-21-19-20-36(26-37)30(3)4)43-27-41(48(10,11)12)33(7)29-51(43)47(44)46-38(14-2)39-22-15-16-23-40(39)42-24-17-18-25-50(42)46/h14-27,29-32,38,46-47H,2,8,13,28H2,1,3-7,9-12H3/q+2. The molecular weight excluding hydrogens is 635 g/mol. The minimum Gasteiger partial charge on any atom is -0.443 e. The van der Waals surface area contributed by atoms with Crippen LogP contribution < -0.4 is 9.13 Å². The molecule has 0 bridgehead atoms. The highest BCUT2D eigenvalue weighted by Crippen LogP contribution is 2.50. The van der Waals surface area contributed by atoms with Gasteiger partial charge in [0.15, 0.2) is 18.3 Å². The fraction of sp³-hybridized carbons (Fsp3) is 0.396. The summed E-state index contributed by atoms with van der Waals surface area (Å²) in [4.78, 5) is 4.98. The Morgan fingerprint density at radius 1 is 0.904 bits per heavy atom. The van der Waals surface area contributed by atoms with Crippen LogP contribution in [0, 0.1) is 12.8 Å². The zero-order valence-corrected chi connectivity index (χ0v) is 33.2. The largest absolute Gasteiger partial charge is 0.443 e. The number of benzene rings is 2. The fourth-order valence-electron chi connectivity index (χ4n) is 8.56. The molecular formula is C48H59N3O+2. The third-order valence-corrected chi connectivity index (χ3v) is 11.5. The normalized spacial score (nSPS) is 19.5. The molecule has 0 fully saturated rings. The van der Waals surface area contributed by atoms with Gasteiger partial charge in [-0.1, -0.05) is 111 Å². The lowest BCUT2D eigenvalue weighted by Gasteiger charge is -2.32. The van der Waals surface area contributed by atoms with E-state index in [0.717, 1.165) is 17.7 Å². The predicted octanol–water partition coefficient (Wildman–Crippen LogP) is 11.3. The SMILES string of the molecule is C=CC1c2ccccc2-c2cccc[n+]2C1C1C(C(C)CC)=C(C(=C)OC(C)=NCC(C)c2cccc(C(C)C)c2)c2cc(C(C)(C)C)c(C)c[n+]21. The van der Waals surface area contributed by atoms with Crippen LogP contribution >= 0.6 is 0 Å². The Balaban J connectivity index is 1.48. The van der Waals surface area contributed by atoms with Crippen molar-refractivity contribution in [3.05, 3.63) is 149 Å². The van der Waals surface area contributed by atoms with Gasteiger partial charge in [0.05, 0.1) is 17.1 Å². The van der Waals surface area contributed by atoms with Crippen molar-refractivity contribution in [1.82, 2.24) is 0 Å². The van der Waals surface area contributed by atoms with Crippen molar-refractivity contribution in [3.63, 3.8) is 0 Å². The van der Waals surface area contributed by atoms with Gasteiger partial charge in [0.1, 0.15) is 5.76 Å². The highest BCUT2D eigenvalue weighted by molar-refractivity contribution is 5.84. The summed E-state index contributed by atoms with van der Waals surface area (Å²) < 4.78 is 11.7. The molecule has 2 aromatic heterocycles. The number of hydrogen-bond acceptors (Lipinski definition) is 2. The molecule has 52 heavy (non-hydrogen) atoms. The smallest absolute Gasteiger partial charge is 0.243 e. The average molecular weight is 694 g/mol. The van der Waals surface area contributed by atoms with E-state index in [0.29, 0.717) is 24.1 Å². The van der Waals surface area contributed by atoms with Crippen molar-refractivity contribution in [1.29, 1.82) is 0 Å². The first-order valence-electron chi connectivity index (χ1n) is 19.3. The van der Waals surface area contributed by atoms with Gasteiger partial charge in [-0.2, -0.15) is 9.13 Å². The van der Waals surface area contributed by atoms with Gasteiger partial charge in [0.25, 0.3) is 0 Å². The van der Waals surface area contributed by atoms with E-state index in [-0.39, 0.29) is 35.3 Å². The lowest BCUT2D eigenvalue weighted by molar-refractivity contribution is -0.806. The number of aromatic nitrogens is 2. The number of hydrogen-bond donors (Lipinski definition) is 0. The van der Waals surface area contributed by atoms with E-state index in [1.54, 1.807) is 0 Å². The van der Waals surface area contributed by atoms with Crippen LogP contribution in [-0.2, 0) is 10.2 Å². The van der Waals surface area contributed by atoms with Crippen molar-refractivity contribution < 1.29 is 13.9 Å². The Morgan fingerprint density at radius 2 is 1.62 bits per heavy atom. The van der Waals surface area contributed by atoms with Gasteiger partial charge in [-0.25, -0.2) is 0 Å². The van der Waals surface area contributed by atoms with Gasteiger partial charge in [0.2, 0.25) is 23.5 Å². The molecule has 0 saturated heterocycles. The number of pyridine rings is 2. The molecule has 0 N–H and O–H groups in total. The van der Waals surface area contributed by atoms with Crippen LogP contribution in [0.15, 0.2) is 121 Å². The van der Waals surface area contributed by atoms with Crippen LogP contribution in [0.1, 0.15) is 132 Å². The first-order chi connectivity index (χ1) is 24.8. The Kier molecular flexibility index (Phi) is 10.6. The molecule has 4 heterocycles. The third kappa shape index (κ3) is 6.85. The molecule has 4 heteroatoms. The Labute approximate surface area is 313 Å². The van der Waals surface area contributed by atoms with Gasteiger partial charge in [-0.3, -0.25) is 4.99 Å². The Morgan fingerprint density at radius 3 is 2.31 bits per heavy atom. The van der Waals surface area contributed by atoms with Crippen LogP contribution in [0.5, 0.6) is 0 Å². The van der Waals surface area contributed by atoms with Gasteiger partial charge in [-0.15, -0.1) is 6.58 Å². The van der Waals surface area contributed by atoms with Crippen molar-refractivity contribution in [2.75, 3.05) is 6.54 Å². The number of fused-ring (bicyclic) bond motifs is 4. The van der Waals surface area contributed by atoms with E-state index in [9.17, 15) is 0 Å². The van der Waals surface area contributed by atoms with E-state index in [4.69, 9.17) is 9.73 Å². The zero-order chi connectivity index (χ0) is 37.5. The molecule has 4 aromatic rings. The molecule has 270 valence electrons. The molecule has 2 aromatic carbocycles. The van der Waals surface area contributed by atoms with Gasteiger partial charge >= 0.3 is 0 Å². The number of ether oxygens (including phenoxy) is 1. The van der Waals surface area contributed by atoms with E-state index >= 15 is 0 Å². The molecule has 0 spiro atoms. The Bertz CT molecular complexity index is 2060. The van der Waals surface area contributed by atoms with Gasteiger partial charge in [-0.05, 0) is 65.0 Å². The monoisotopic (exact) mass is 693 g/mol. The zero-order valence-electron chi connectivity index (χ0n) is 33.2. The molecule has 4 nitrogen and oxygen atoms in total. The van der Waals surface area contributed by atoms with Crippen LogP contribution in [0.25, 0.3) is 16.8 Å². The number of rotatable bonds is 10. The minimum atomic E-state index is -0.0310. The summed E-state index contributed by atoms with van der Waals surface area (Å²) in [6.45, 7) is 32.3. The summed E-state index contributed by atoms with van der Waals surface area (Å²) in [5.41, 5.74) is 12.7. The fourth-order valence-corrected chi connectivity index (χ4v) is 8.56. The van der Waals surface area contributed by atoms with Crippen molar-refractivity contribution in [2.24, 2.45) is 10.9 Å². The van der Waals surface area contributed by atoms with E-state index in [2.05, 4.69) is 176 Å². The quantitative estimate of drug-likeness (QED) is 0.0534. The molecule has 2 aliphatic rings. The topological polar surface area (TPSA) is 29.3 Å². The molecule has 0 amide bonds. The van der Waals surface area contributed by atoms with E-state index in [1.807, 2.05) is 6.92 Å². The maximum Gasteiger partial charge on any atom is 0.243 e. The molecule has 5 unspecified atom stereocenters. The van der Waals surface area contributed by atoms with Crippen LogP contribution in [0.4, 0.5) is 0 Å². The molecule has 6 rings (SSSR count). The highest BCUT2D eigenvalue weighted by atomic mass is 16.5. The van der Waals surface area contributed by atoms with Crippen molar-refractivity contribution in [2.45, 2.75) is 111 Å². The van der Waals surface area contributed by atoms with E-state index < -0.39 is 0 Å². The van der Waals surface area contributed by atoms with Crippen LogP contribution in [-0.4, -0.2) is 12.4 Å². The first-order valence-corrected chi connectivity index (χ1v) is 19.3. The molecule has 2 aliphatic heterocycles. The van der Waals surface area contributed by atoms with Crippen molar-refractivity contribution in [3.8, 4) is 11.3 Å². The highest BCUT2D eigenvalue weighted by Gasteiger charge is 2.55. The number of nitrogens with zero attached hydrogens (tertiary/aromatic N) is 3. The van der Waals surface area contributed by atoms with E-state index in [1.165, 1.54) is 44.6 Å². The molecule has 0 saturated carbocycles. The van der Waals surface area contributed by atoms with Crippen molar-refractivity contribution >= 4 is 11.5 Å². The third-order valence-electron chi connectivity index (χ3n) is 11.5. The van der Waals surface area contributed by atoms with Crippen LogP contribution in [0.2, 0.25) is 0 Å². The maximum absolute atomic E-state index is 6.69. The first kappa shape index (κ1) is 37.2. The summed E-state index contributed by atoms with van der Waals surface area (Å²) in [5, 5.41) is 0. The molecule has 0 radical (unpaired) electrons. The van der Waals surface area contributed by atoms with Gasteiger partial charge < -0.3 is 4.74 Å². The lowest BCUT2D eigenvalue weighted by Crippen LogP contribution is -2.57. The molecule has 5 atom stereocenters. The number of aliphatic imine (C=N–C) groups is 1. The summed E-state index contributed by atoms with van der Waals surface area (Å²) >= 11 is 0. The second-order valence-electron chi connectivity index (χ2n) is 16.4. The average Bonchev–Trinajstić information content (AvgIpc) is 3.45. The predicted molar refractivity (Wildman–Crippen MR) is 217 cm³/mol. The Hall–Kier alpha value is -4.57. The lowest BCUT2D eigenvalue weighted by atomic mass is 9.76. The number of allylic oxidation sites excluding steroid dienone is 3. The second kappa shape index (κ2) is 14.8. The second-order valence-corrected chi connectivity index (χ2v) is 16.4. The summed E-state index contributed by atoms with van der Waals surface area (Å²) in [6.07, 6.45) is 7.81. The minimum absolute atomic E-state index is 0.0148. The molecule has 0 aliphatic carbocycles. The summed E-state index contributed by atoms with van der Waals surface area (Å²) in [6, 6.07) is 26.8. The van der Waals surface area contributed by atoms with Crippen LogP contribution in [0.3, 0.4) is 0 Å². The summed E-state index contributed by atoms with van der Waals surface area (Å²) in [5.74, 6) is 2.44. The maximum atomic E-state index is 6.69. The number of aryl methyl sites for hydroxylation is 1.